The van der Waals surface area contributed by atoms with Crippen molar-refractivity contribution in [1.29, 1.82) is 0 Å². The summed E-state index contributed by atoms with van der Waals surface area (Å²) in [6.45, 7) is 0.218. The third-order valence-electron chi connectivity index (χ3n) is 4.36. The first-order valence-electron chi connectivity index (χ1n) is 8.06. The number of fused-ring (bicyclic) bond motifs is 1. The molecule has 0 aromatic heterocycles. The summed E-state index contributed by atoms with van der Waals surface area (Å²) in [5.41, 5.74) is 3.81. The Kier molecular flexibility index (Phi) is 4.83. The Hall–Kier alpha value is -2.77. The van der Waals surface area contributed by atoms with E-state index in [2.05, 4.69) is 23.4 Å². The van der Waals surface area contributed by atoms with Gasteiger partial charge in [-0.25, -0.2) is 4.79 Å². The van der Waals surface area contributed by atoms with Crippen molar-refractivity contribution in [3.05, 3.63) is 65.2 Å². The van der Waals surface area contributed by atoms with E-state index < -0.39 is 0 Å². The number of hydrogen-bond acceptors (Lipinski definition) is 2. The molecule has 4 nitrogen and oxygen atoms in total. The van der Waals surface area contributed by atoms with Crippen LogP contribution in [0.3, 0.4) is 0 Å². The van der Waals surface area contributed by atoms with Crippen molar-refractivity contribution < 1.29 is 9.90 Å². The number of carbonyl (C=O) groups excluding carboxylic acids is 1. The minimum absolute atomic E-state index is 0.0100. The highest BCUT2D eigenvalue weighted by atomic mass is 16.3. The highest BCUT2D eigenvalue weighted by Crippen LogP contribution is 2.35. The molecule has 1 aliphatic rings. The van der Waals surface area contributed by atoms with Crippen molar-refractivity contribution in [2.75, 3.05) is 18.5 Å². The van der Waals surface area contributed by atoms with Gasteiger partial charge in [-0.05, 0) is 42.2 Å². The average molecular weight is 320 g/mol. The van der Waals surface area contributed by atoms with Gasteiger partial charge >= 0.3 is 6.03 Å². The number of anilines is 1. The number of urea groups is 1. The van der Waals surface area contributed by atoms with Gasteiger partial charge in [0.05, 0.1) is 12.6 Å². The molecule has 24 heavy (non-hydrogen) atoms. The number of aliphatic hydroxyl groups excluding tert-OH is 1. The van der Waals surface area contributed by atoms with Crippen LogP contribution in [0.15, 0.2) is 48.5 Å². The van der Waals surface area contributed by atoms with E-state index in [1.165, 1.54) is 11.1 Å². The standard InChI is InChI=1S/C20H20N2O2/c1-2-15-6-5-8-17(14-15)21-20(24)22(12-13-23)19-11-10-16-7-3-4-9-18(16)19/h1,3-9,14,19,23H,10-13H2,(H,21,24). The molecule has 0 spiro atoms. The van der Waals surface area contributed by atoms with Crippen LogP contribution in [0.25, 0.3) is 0 Å². The average Bonchev–Trinajstić information content (AvgIpc) is 3.03. The van der Waals surface area contributed by atoms with Gasteiger partial charge in [-0.1, -0.05) is 36.3 Å². The molecule has 2 aromatic carbocycles. The molecule has 0 aliphatic heterocycles. The number of benzene rings is 2. The lowest BCUT2D eigenvalue weighted by molar-refractivity contribution is 0.162. The molecular formula is C20H20N2O2. The maximum absolute atomic E-state index is 12.8. The summed E-state index contributed by atoms with van der Waals surface area (Å²) in [5.74, 6) is 2.56. The second-order valence-corrected chi connectivity index (χ2v) is 5.83. The number of terminal acetylenes is 1. The van der Waals surface area contributed by atoms with Crippen molar-refractivity contribution in [3.8, 4) is 12.3 Å². The van der Waals surface area contributed by atoms with E-state index in [0.717, 1.165) is 12.8 Å². The zero-order valence-electron chi connectivity index (χ0n) is 13.4. The van der Waals surface area contributed by atoms with Gasteiger partial charge in [-0.2, -0.15) is 0 Å². The van der Waals surface area contributed by atoms with Crippen LogP contribution < -0.4 is 5.32 Å². The second kappa shape index (κ2) is 7.20. The fourth-order valence-electron chi connectivity index (χ4n) is 3.25. The normalized spacial score (nSPS) is 15.4. The zero-order chi connectivity index (χ0) is 16.9. The quantitative estimate of drug-likeness (QED) is 0.850. The van der Waals surface area contributed by atoms with Crippen LogP contribution in [0, 0.1) is 12.3 Å². The summed E-state index contributed by atoms with van der Waals surface area (Å²) in [5, 5.41) is 12.3. The number of rotatable bonds is 4. The molecule has 3 rings (SSSR count). The van der Waals surface area contributed by atoms with Crippen molar-refractivity contribution in [2.45, 2.75) is 18.9 Å². The van der Waals surface area contributed by atoms with E-state index >= 15 is 0 Å². The van der Waals surface area contributed by atoms with Crippen LogP contribution in [-0.2, 0) is 6.42 Å². The van der Waals surface area contributed by atoms with Crippen LogP contribution in [0.4, 0.5) is 10.5 Å². The Morgan fingerprint density at radius 2 is 2.12 bits per heavy atom. The highest BCUT2D eigenvalue weighted by Gasteiger charge is 2.30. The lowest BCUT2D eigenvalue weighted by atomic mass is 10.1. The van der Waals surface area contributed by atoms with Crippen LogP contribution in [0.5, 0.6) is 0 Å². The van der Waals surface area contributed by atoms with Crippen LogP contribution in [-0.4, -0.2) is 29.2 Å². The molecule has 0 saturated heterocycles. The Morgan fingerprint density at radius 3 is 2.92 bits per heavy atom. The number of hydrogen-bond donors (Lipinski definition) is 2. The molecule has 0 bridgehead atoms. The van der Waals surface area contributed by atoms with Crippen molar-refractivity contribution in [2.24, 2.45) is 0 Å². The topological polar surface area (TPSA) is 52.6 Å². The molecule has 0 radical (unpaired) electrons. The maximum atomic E-state index is 12.8. The SMILES string of the molecule is C#Cc1cccc(NC(=O)N(CCO)C2CCc3ccccc32)c1. The van der Waals surface area contributed by atoms with Gasteiger partial charge in [0.25, 0.3) is 0 Å². The first-order chi connectivity index (χ1) is 11.7. The van der Waals surface area contributed by atoms with E-state index in [0.29, 0.717) is 17.8 Å². The van der Waals surface area contributed by atoms with E-state index in [1.54, 1.807) is 17.0 Å². The lowest BCUT2D eigenvalue weighted by Gasteiger charge is -2.29. The van der Waals surface area contributed by atoms with Gasteiger partial charge in [0.2, 0.25) is 0 Å². The minimum Gasteiger partial charge on any atom is -0.395 e. The first-order valence-corrected chi connectivity index (χ1v) is 8.06. The molecule has 2 N–H and O–H groups in total. The Labute approximate surface area is 142 Å². The number of aliphatic hydroxyl groups is 1. The summed E-state index contributed by atoms with van der Waals surface area (Å²) in [6, 6.07) is 15.1. The molecule has 4 heteroatoms. The monoisotopic (exact) mass is 320 g/mol. The fourth-order valence-corrected chi connectivity index (χ4v) is 3.25. The molecular weight excluding hydrogens is 300 g/mol. The lowest BCUT2D eigenvalue weighted by Crippen LogP contribution is -2.39. The number of amides is 2. The predicted octanol–water partition coefficient (Wildman–Crippen LogP) is 3.18. The maximum Gasteiger partial charge on any atom is 0.322 e. The van der Waals surface area contributed by atoms with Crippen LogP contribution in [0.1, 0.15) is 29.2 Å². The molecule has 1 atom stereocenters. The number of aryl methyl sites for hydroxylation is 1. The molecule has 1 aliphatic carbocycles. The fraction of sp³-hybridized carbons (Fsp3) is 0.250. The van der Waals surface area contributed by atoms with Crippen LogP contribution in [0.2, 0.25) is 0 Å². The summed E-state index contributed by atoms with van der Waals surface area (Å²) in [6.07, 6.45) is 7.22. The molecule has 122 valence electrons. The predicted molar refractivity (Wildman–Crippen MR) is 94.7 cm³/mol. The third kappa shape index (κ3) is 3.27. The van der Waals surface area contributed by atoms with Crippen molar-refractivity contribution in [1.82, 2.24) is 4.90 Å². The van der Waals surface area contributed by atoms with Gasteiger partial charge in [0, 0.05) is 17.8 Å². The Bertz CT molecular complexity index is 779. The molecule has 0 saturated carbocycles. The van der Waals surface area contributed by atoms with E-state index in [9.17, 15) is 9.90 Å². The minimum atomic E-state index is -0.222. The number of carbonyl (C=O) groups is 1. The van der Waals surface area contributed by atoms with E-state index in [1.807, 2.05) is 24.3 Å². The summed E-state index contributed by atoms with van der Waals surface area (Å²) in [4.78, 5) is 14.5. The number of nitrogens with one attached hydrogen (secondary N) is 1. The van der Waals surface area contributed by atoms with Gasteiger partial charge < -0.3 is 15.3 Å². The van der Waals surface area contributed by atoms with Gasteiger partial charge in [-0.3, -0.25) is 0 Å². The summed E-state index contributed by atoms with van der Waals surface area (Å²) >= 11 is 0. The van der Waals surface area contributed by atoms with Crippen molar-refractivity contribution in [3.63, 3.8) is 0 Å². The molecule has 0 heterocycles. The molecule has 2 aromatic rings. The molecule has 2 amide bonds. The molecule has 0 fully saturated rings. The van der Waals surface area contributed by atoms with Gasteiger partial charge in [0.1, 0.15) is 0 Å². The Morgan fingerprint density at radius 1 is 1.29 bits per heavy atom. The van der Waals surface area contributed by atoms with E-state index in [4.69, 9.17) is 6.42 Å². The Balaban J connectivity index is 1.81. The highest BCUT2D eigenvalue weighted by molar-refractivity contribution is 5.90. The van der Waals surface area contributed by atoms with Gasteiger partial charge in [-0.15, -0.1) is 6.42 Å². The van der Waals surface area contributed by atoms with Crippen LogP contribution >= 0.6 is 0 Å². The molecule has 1 unspecified atom stereocenters. The summed E-state index contributed by atoms with van der Waals surface area (Å²) in [7, 11) is 0. The second-order valence-electron chi connectivity index (χ2n) is 5.83. The third-order valence-corrected chi connectivity index (χ3v) is 4.36. The van der Waals surface area contributed by atoms with E-state index in [-0.39, 0.29) is 18.7 Å². The van der Waals surface area contributed by atoms with Gasteiger partial charge in [0.15, 0.2) is 0 Å². The first kappa shape index (κ1) is 16.1. The largest absolute Gasteiger partial charge is 0.395 e. The van der Waals surface area contributed by atoms with Crippen molar-refractivity contribution >= 4 is 11.7 Å². The summed E-state index contributed by atoms with van der Waals surface area (Å²) < 4.78 is 0. The smallest absolute Gasteiger partial charge is 0.322 e. The number of nitrogens with zero attached hydrogens (tertiary/aromatic N) is 1. The zero-order valence-corrected chi connectivity index (χ0v) is 13.4.